The summed E-state index contributed by atoms with van der Waals surface area (Å²) >= 11 is 6.53. The van der Waals surface area contributed by atoms with E-state index in [2.05, 4.69) is 0 Å². The fourth-order valence-electron chi connectivity index (χ4n) is 2.98. The molecule has 4 rings (SSSR count). The molecule has 104 valence electrons. The van der Waals surface area contributed by atoms with Gasteiger partial charge in [0.25, 0.3) is 0 Å². The first-order valence-electron chi connectivity index (χ1n) is 6.77. The molecule has 0 amide bonds. The molecule has 1 aliphatic rings. The van der Waals surface area contributed by atoms with Crippen LogP contribution < -0.4 is 0 Å². The van der Waals surface area contributed by atoms with Crippen molar-refractivity contribution in [2.24, 2.45) is 0 Å². The minimum Gasteiger partial charge on any atom is -0.508 e. The van der Waals surface area contributed by atoms with Gasteiger partial charge < -0.3 is 10.2 Å². The van der Waals surface area contributed by atoms with E-state index >= 15 is 0 Å². The van der Waals surface area contributed by atoms with Gasteiger partial charge >= 0.3 is 0 Å². The van der Waals surface area contributed by atoms with Crippen LogP contribution in [0.15, 0.2) is 36.4 Å². The summed E-state index contributed by atoms with van der Waals surface area (Å²) in [4.78, 5) is 4.71. The maximum atomic E-state index is 9.63. The minimum absolute atomic E-state index is 0.187. The van der Waals surface area contributed by atoms with E-state index in [0.29, 0.717) is 5.02 Å². The molecule has 0 radical (unpaired) electrons. The van der Waals surface area contributed by atoms with Crippen LogP contribution in [0.5, 0.6) is 11.5 Å². The summed E-state index contributed by atoms with van der Waals surface area (Å²) in [7, 11) is 0. The van der Waals surface area contributed by atoms with Gasteiger partial charge in [-0.05, 0) is 60.4 Å². The van der Waals surface area contributed by atoms with Gasteiger partial charge in [0.2, 0.25) is 0 Å². The number of benzene rings is 2. The van der Waals surface area contributed by atoms with Crippen LogP contribution in [0.1, 0.15) is 11.1 Å². The van der Waals surface area contributed by atoms with Crippen LogP contribution in [0.4, 0.5) is 0 Å². The summed E-state index contributed by atoms with van der Waals surface area (Å²) in [6.45, 7) is 0. The number of aromatic hydroxyl groups is 2. The topological polar surface area (TPSA) is 53.4 Å². The second-order valence-corrected chi connectivity index (χ2v) is 5.67. The van der Waals surface area contributed by atoms with Crippen LogP contribution in [0.25, 0.3) is 22.2 Å². The van der Waals surface area contributed by atoms with Gasteiger partial charge in [0.15, 0.2) is 0 Å². The highest BCUT2D eigenvalue weighted by atomic mass is 35.5. The molecule has 0 bridgehead atoms. The Balaban J connectivity index is 2.06. The molecule has 0 saturated heterocycles. The van der Waals surface area contributed by atoms with Crippen molar-refractivity contribution in [2.45, 2.75) is 12.8 Å². The lowest BCUT2D eigenvalue weighted by atomic mass is 9.88. The molecule has 0 atom stereocenters. The molecule has 0 saturated carbocycles. The quantitative estimate of drug-likeness (QED) is 0.658. The van der Waals surface area contributed by atoms with Crippen molar-refractivity contribution in [3.05, 3.63) is 52.5 Å². The average molecular weight is 298 g/mol. The number of nitrogens with zero attached hydrogens (tertiary/aromatic N) is 1. The predicted octanol–water partition coefficient (Wildman–Crippen LogP) is 4.07. The van der Waals surface area contributed by atoms with Crippen LogP contribution in [-0.4, -0.2) is 15.2 Å². The molecule has 4 heteroatoms. The first-order chi connectivity index (χ1) is 10.1. The fourth-order valence-corrected chi connectivity index (χ4v) is 3.32. The molecule has 2 N–H and O–H groups in total. The van der Waals surface area contributed by atoms with Gasteiger partial charge in [-0.15, -0.1) is 0 Å². The average Bonchev–Trinajstić information content (AvgIpc) is 2.47. The van der Waals surface area contributed by atoms with Gasteiger partial charge in [-0.2, -0.15) is 0 Å². The maximum Gasteiger partial charge on any atom is 0.116 e. The molecule has 1 heterocycles. The Morgan fingerprint density at radius 2 is 1.71 bits per heavy atom. The van der Waals surface area contributed by atoms with E-state index in [-0.39, 0.29) is 11.5 Å². The third-order valence-corrected chi connectivity index (χ3v) is 4.42. The van der Waals surface area contributed by atoms with E-state index in [0.717, 1.165) is 46.1 Å². The number of phenolic OH excluding ortho intramolecular Hbond substituents is 2. The van der Waals surface area contributed by atoms with Crippen molar-refractivity contribution in [3.8, 4) is 22.8 Å². The number of hydrogen-bond acceptors (Lipinski definition) is 3. The number of aryl methyl sites for hydroxylation is 1. The van der Waals surface area contributed by atoms with Crippen molar-refractivity contribution in [2.75, 3.05) is 0 Å². The number of halogens is 1. The zero-order chi connectivity index (χ0) is 14.6. The molecule has 0 fully saturated rings. The number of hydrogen-bond donors (Lipinski definition) is 2. The van der Waals surface area contributed by atoms with E-state index in [1.807, 2.05) is 6.07 Å². The van der Waals surface area contributed by atoms with Crippen LogP contribution in [0.3, 0.4) is 0 Å². The number of aromatic nitrogens is 1. The first kappa shape index (κ1) is 12.5. The zero-order valence-electron chi connectivity index (χ0n) is 11.1. The number of fused-ring (bicyclic) bond motifs is 4. The molecule has 0 aliphatic heterocycles. The van der Waals surface area contributed by atoms with Crippen molar-refractivity contribution in [1.29, 1.82) is 0 Å². The zero-order valence-corrected chi connectivity index (χ0v) is 11.9. The number of rotatable bonds is 0. The third kappa shape index (κ3) is 1.85. The largest absolute Gasteiger partial charge is 0.508 e. The van der Waals surface area contributed by atoms with E-state index in [4.69, 9.17) is 16.6 Å². The Bertz CT molecular complexity index is 890. The lowest BCUT2D eigenvalue weighted by Crippen LogP contribution is -2.07. The molecule has 2 aromatic carbocycles. The minimum atomic E-state index is 0.187. The lowest BCUT2D eigenvalue weighted by Gasteiger charge is -2.21. The summed E-state index contributed by atoms with van der Waals surface area (Å²) in [5.74, 6) is 0.460. The molecule has 0 unspecified atom stereocenters. The Labute approximate surface area is 126 Å². The Kier molecular flexibility index (Phi) is 2.59. The van der Waals surface area contributed by atoms with Gasteiger partial charge in [0, 0.05) is 10.9 Å². The lowest BCUT2D eigenvalue weighted by molar-refractivity contribution is 0.474. The summed E-state index contributed by atoms with van der Waals surface area (Å²) in [5, 5.41) is 20.7. The van der Waals surface area contributed by atoms with Crippen LogP contribution in [0, 0.1) is 0 Å². The molecule has 1 aliphatic carbocycles. The van der Waals surface area contributed by atoms with E-state index in [1.54, 1.807) is 30.3 Å². The van der Waals surface area contributed by atoms with Gasteiger partial charge in [0.1, 0.15) is 11.5 Å². The van der Waals surface area contributed by atoms with Crippen molar-refractivity contribution >= 4 is 22.5 Å². The highest BCUT2D eigenvalue weighted by Crippen LogP contribution is 2.40. The van der Waals surface area contributed by atoms with E-state index in [1.165, 1.54) is 0 Å². The molecule has 3 aromatic rings. The number of phenols is 2. The Hall–Kier alpha value is -2.26. The van der Waals surface area contributed by atoms with Crippen LogP contribution in [-0.2, 0) is 12.8 Å². The first-order valence-corrected chi connectivity index (χ1v) is 7.14. The van der Waals surface area contributed by atoms with Gasteiger partial charge in [-0.25, -0.2) is 4.98 Å². The van der Waals surface area contributed by atoms with E-state index in [9.17, 15) is 10.2 Å². The molecular formula is C17H12ClNO2. The Morgan fingerprint density at radius 1 is 0.952 bits per heavy atom. The van der Waals surface area contributed by atoms with Gasteiger partial charge in [0.05, 0.1) is 16.2 Å². The molecule has 0 spiro atoms. The monoisotopic (exact) mass is 297 g/mol. The fraction of sp³-hybridized carbons (Fsp3) is 0.118. The second-order valence-electron chi connectivity index (χ2n) is 5.30. The maximum absolute atomic E-state index is 9.63. The highest BCUT2D eigenvalue weighted by molar-refractivity contribution is 6.36. The third-order valence-electron chi connectivity index (χ3n) is 3.99. The van der Waals surface area contributed by atoms with Crippen LogP contribution in [0.2, 0.25) is 5.02 Å². The predicted molar refractivity (Wildman–Crippen MR) is 82.9 cm³/mol. The standard InChI is InChI=1S/C17H12ClNO2/c18-16-13-4-1-9-7-10(20)2-5-12(9)17(13)19-15-6-3-11(21)8-14(15)16/h2-3,5-8,20-21H,1,4H2. The SMILES string of the molecule is Oc1ccc2c(c1)CCc1c-2nc2ccc(O)cc2c1Cl. The summed E-state index contributed by atoms with van der Waals surface area (Å²) < 4.78 is 0. The van der Waals surface area contributed by atoms with Gasteiger partial charge in [-0.1, -0.05) is 11.6 Å². The van der Waals surface area contributed by atoms with E-state index < -0.39 is 0 Å². The highest BCUT2D eigenvalue weighted by Gasteiger charge is 2.22. The summed E-state index contributed by atoms with van der Waals surface area (Å²) in [6.07, 6.45) is 1.60. The molecular weight excluding hydrogens is 286 g/mol. The summed E-state index contributed by atoms with van der Waals surface area (Å²) in [5.41, 5.74) is 4.75. The Morgan fingerprint density at radius 3 is 2.57 bits per heavy atom. The smallest absolute Gasteiger partial charge is 0.116 e. The van der Waals surface area contributed by atoms with Crippen LogP contribution >= 0.6 is 11.6 Å². The van der Waals surface area contributed by atoms with Crippen molar-refractivity contribution < 1.29 is 10.2 Å². The number of pyridine rings is 1. The van der Waals surface area contributed by atoms with Crippen molar-refractivity contribution in [1.82, 2.24) is 4.98 Å². The molecule has 1 aromatic heterocycles. The molecule has 3 nitrogen and oxygen atoms in total. The second kappa shape index (κ2) is 4.37. The van der Waals surface area contributed by atoms with Gasteiger partial charge in [-0.3, -0.25) is 0 Å². The summed E-state index contributed by atoms with van der Waals surface area (Å²) in [6, 6.07) is 10.4. The molecule has 21 heavy (non-hydrogen) atoms. The van der Waals surface area contributed by atoms with Crippen molar-refractivity contribution in [3.63, 3.8) is 0 Å². The normalized spacial score (nSPS) is 13.0.